The van der Waals surface area contributed by atoms with E-state index in [1.54, 1.807) is 0 Å². The molecule has 19 heavy (non-hydrogen) atoms. The van der Waals surface area contributed by atoms with Gasteiger partial charge >= 0.3 is 0 Å². The van der Waals surface area contributed by atoms with Gasteiger partial charge in [0.25, 0.3) is 0 Å². The molecule has 4 aliphatic carbocycles. The Labute approximate surface area is 117 Å². The van der Waals surface area contributed by atoms with Gasteiger partial charge in [0.1, 0.15) is 0 Å². The molecule has 3 heteroatoms. The van der Waals surface area contributed by atoms with Gasteiger partial charge in [-0.05, 0) is 83.3 Å². The lowest BCUT2D eigenvalue weighted by atomic mass is 9.49. The quantitative estimate of drug-likeness (QED) is 0.773. The first-order chi connectivity index (χ1) is 9.07. The summed E-state index contributed by atoms with van der Waals surface area (Å²) in [6.07, 6.45) is 8.83. The summed E-state index contributed by atoms with van der Waals surface area (Å²) in [5.41, 5.74) is 0.0346. The van der Waals surface area contributed by atoms with E-state index in [0.29, 0.717) is 5.91 Å². The molecule has 0 heterocycles. The molecule has 0 saturated heterocycles. The van der Waals surface area contributed by atoms with Gasteiger partial charge in [-0.15, -0.1) is 0 Å². The maximum Gasteiger partial charge on any atom is 0.226 e. The smallest absolute Gasteiger partial charge is 0.226 e. The van der Waals surface area contributed by atoms with E-state index in [2.05, 4.69) is 24.3 Å². The zero-order valence-electron chi connectivity index (χ0n) is 12.5. The average molecular weight is 264 g/mol. The summed E-state index contributed by atoms with van der Waals surface area (Å²) in [7, 11) is 4.17. The Morgan fingerprint density at radius 3 is 2.11 bits per heavy atom. The molecule has 0 radical (unpaired) electrons. The fourth-order valence-electron chi connectivity index (χ4n) is 5.17. The molecule has 1 N–H and O–H groups in total. The Morgan fingerprint density at radius 2 is 1.63 bits per heavy atom. The largest absolute Gasteiger partial charge is 0.356 e. The SMILES string of the molecule is CN(C)CCCNC(=O)C12CC3CC(CC(C3)C1)C2. The van der Waals surface area contributed by atoms with Crippen molar-refractivity contribution in [1.29, 1.82) is 0 Å². The highest BCUT2D eigenvalue weighted by atomic mass is 16.2. The van der Waals surface area contributed by atoms with E-state index < -0.39 is 0 Å². The number of carbonyl (C=O) groups is 1. The lowest BCUT2D eigenvalue weighted by Crippen LogP contribution is -2.53. The van der Waals surface area contributed by atoms with Crippen LogP contribution in [0.25, 0.3) is 0 Å². The van der Waals surface area contributed by atoms with Gasteiger partial charge in [-0.3, -0.25) is 4.79 Å². The van der Waals surface area contributed by atoms with Crippen LogP contribution >= 0.6 is 0 Å². The second-order valence-corrected chi connectivity index (χ2v) is 7.61. The van der Waals surface area contributed by atoms with Gasteiger partial charge in [-0.25, -0.2) is 0 Å². The summed E-state index contributed by atoms with van der Waals surface area (Å²) < 4.78 is 0. The van der Waals surface area contributed by atoms with E-state index in [4.69, 9.17) is 0 Å². The molecule has 4 bridgehead atoms. The zero-order chi connectivity index (χ0) is 13.5. The summed E-state index contributed by atoms with van der Waals surface area (Å²) in [6, 6.07) is 0. The molecule has 0 unspecified atom stereocenters. The van der Waals surface area contributed by atoms with Crippen molar-refractivity contribution in [2.75, 3.05) is 27.2 Å². The minimum absolute atomic E-state index is 0.0346. The van der Waals surface area contributed by atoms with E-state index in [1.807, 2.05) is 0 Å². The molecule has 108 valence electrons. The van der Waals surface area contributed by atoms with Crippen molar-refractivity contribution in [2.45, 2.75) is 44.9 Å². The monoisotopic (exact) mass is 264 g/mol. The van der Waals surface area contributed by atoms with Gasteiger partial charge in [0.2, 0.25) is 5.91 Å². The van der Waals surface area contributed by atoms with Gasteiger partial charge in [0.15, 0.2) is 0 Å². The number of nitrogens with one attached hydrogen (secondary N) is 1. The zero-order valence-corrected chi connectivity index (χ0v) is 12.5. The molecule has 0 aliphatic heterocycles. The van der Waals surface area contributed by atoms with Crippen molar-refractivity contribution in [3.8, 4) is 0 Å². The minimum Gasteiger partial charge on any atom is -0.356 e. The van der Waals surface area contributed by atoms with Crippen LogP contribution in [0.5, 0.6) is 0 Å². The Hall–Kier alpha value is -0.570. The number of carbonyl (C=O) groups excluding carboxylic acids is 1. The highest BCUT2D eigenvalue weighted by Gasteiger charge is 2.54. The second-order valence-electron chi connectivity index (χ2n) is 7.61. The number of rotatable bonds is 5. The Bertz CT molecular complexity index is 315. The standard InChI is InChI=1S/C16H28N2O/c1-18(2)5-3-4-17-15(19)16-9-12-6-13(10-16)8-14(7-12)11-16/h12-14H,3-11H2,1-2H3,(H,17,19). The molecule has 0 aromatic heterocycles. The summed E-state index contributed by atoms with van der Waals surface area (Å²) in [6.45, 7) is 1.90. The van der Waals surface area contributed by atoms with Gasteiger partial charge in [-0.2, -0.15) is 0 Å². The van der Waals surface area contributed by atoms with Crippen molar-refractivity contribution < 1.29 is 4.79 Å². The molecule has 4 saturated carbocycles. The summed E-state index contributed by atoms with van der Waals surface area (Å²) >= 11 is 0. The normalized spacial score (nSPS) is 39.8. The molecule has 0 atom stereocenters. The van der Waals surface area contributed by atoms with E-state index in [9.17, 15) is 4.79 Å². The molecule has 4 rings (SSSR count). The number of hydrogen-bond donors (Lipinski definition) is 1. The Balaban J connectivity index is 1.54. The van der Waals surface area contributed by atoms with Crippen molar-refractivity contribution in [1.82, 2.24) is 10.2 Å². The molecule has 1 amide bonds. The molecule has 0 aromatic rings. The fourth-order valence-corrected chi connectivity index (χ4v) is 5.17. The third-order valence-electron chi connectivity index (χ3n) is 5.59. The minimum atomic E-state index is 0.0346. The number of nitrogens with zero attached hydrogens (tertiary/aromatic N) is 1. The fraction of sp³-hybridized carbons (Fsp3) is 0.938. The van der Waals surface area contributed by atoms with Crippen molar-refractivity contribution in [3.63, 3.8) is 0 Å². The van der Waals surface area contributed by atoms with Gasteiger partial charge in [0.05, 0.1) is 0 Å². The van der Waals surface area contributed by atoms with Crippen LogP contribution in [0.3, 0.4) is 0 Å². The molecule has 4 aliphatic rings. The molecule has 0 aromatic carbocycles. The predicted molar refractivity (Wildman–Crippen MR) is 76.8 cm³/mol. The molecule has 0 spiro atoms. The third kappa shape index (κ3) is 2.67. The van der Waals surface area contributed by atoms with E-state index in [0.717, 1.165) is 37.3 Å². The van der Waals surface area contributed by atoms with Crippen LogP contribution in [0.1, 0.15) is 44.9 Å². The number of hydrogen-bond acceptors (Lipinski definition) is 2. The topological polar surface area (TPSA) is 32.3 Å². The molecular formula is C16H28N2O. The average Bonchev–Trinajstić information content (AvgIpc) is 2.32. The third-order valence-corrected chi connectivity index (χ3v) is 5.59. The lowest BCUT2D eigenvalue weighted by Gasteiger charge is -2.55. The first kappa shape index (κ1) is 13.4. The highest BCUT2D eigenvalue weighted by Crippen LogP contribution is 2.60. The van der Waals surface area contributed by atoms with Crippen molar-refractivity contribution >= 4 is 5.91 Å². The van der Waals surface area contributed by atoms with Gasteiger partial charge in [-0.1, -0.05) is 0 Å². The second kappa shape index (κ2) is 5.08. The van der Waals surface area contributed by atoms with Crippen LogP contribution in [0.15, 0.2) is 0 Å². The maximum atomic E-state index is 12.6. The van der Waals surface area contributed by atoms with Crippen LogP contribution in [-0.2, 0) is 4.79 Å². The van der Waals surface area contributed by atoms with Crippen LogP contribution < -0.4 is 5.32 Å². The molecule has 3 nitrogen and oxygen atoms in total. The van der Waals surface area contributed by atoms with Gasteiger partial charge < -0.3 is 10.2 Å². The lowest BCUT2D eigenvalue weighted by molar-refractivity contribution is -0.146. The summed E-state index contributed by atoms with van der Waals surface area (Å²) in [4.78, 5) is 14.8. The van der Waals surface area contributed by atoms with Gasteiger partial charge in [0, 0.05) is 12.0 Å². The molecule has 4 fully saturated rings. The van der Waals surface area contributed by atoms with E-state index in [1.165, 1.54) is 38.5 Å². The predicted octanol–water partition coefficient (Wildman–Crippen LogP) is 2.27. The van der Waals surface area contributed by atoms with Crippen LogP contribution in [-0.4, -0.2) is 38.0 Å². The number of amides is 1. The summed E-state index contributed by atoms with van der Waals surface area (Å²) in [5, 5.41) is 3.23. The van der Waals surface area contributed by atoms with Crippen LogP contribution in [0, 0.1) is 23.2 Å². The van der Waals surface area contributed by atoms with Crippen molar-refractivity contribution in [2.24, 2.45) is 23.2 Å². The highest BCUT2D eigenvalue weighted by molar-refractivity contribution is 5.83. The summed E-state index contributed by atoms with van der Waals surface area (Å²) in [5.74, 6) is 2.96. The Kier molecular flexibility index (Phi) is 3.59. The first-order valence-electron chi connectivity index (χ1n) is 8.00. The van der Waals surface area contributed by atoms with E-state index >= 15 is 0 Å². The molecular weight excluding hydrogens is 236 g/mol. The van der Waals surface area contributed by atoms with Crippen LogP contribution in [0.4, 0.5) is 0 Å². The maximum absolute atomic E-state index is 12.6. The van der Waals surface area contributed by atoms with Crippen molar-refractivity contribution in [3.05, 3.63) is 0 Å². The first-order valence-corrected chi connectivity index (χ1v) is 8.00. The Morgan fingerprint density at radius 1 is 1.11 bits per heavy atom. The van der Waals surface area contributed by atoms with E-state index in [-0.39, 0.29) is 5.41 Å². The van der Waals surface area contributed by atoms with Crippen LogP contribution in [0.2, 0.25) is 0 Å².